The Hall–Kier alpha value is -1.81. The van der Waals surface area contributed by atoms with Crippen molar-refractivity contribution in [1.29, 1.82) is 0 Å². The summed E-state index contributed by atoms with van der Waals surface area (Å²) in [5, 5.41) is 7.06. The van der Waals surface area contributed by atoms with Crippen molar-refractivity contribution in [2.24, 2.45) is 0 Å². The topological polar surface area (TPSA) is 50.7 Å². The molecule has 0 saturated heterocycles. The molecule has 0 aliphatic heterocycles. The maximum Gasteiger partial charge on any atom is 0.257 e. The number of fused-ring (bicyclic) bond motifs is 3. The molecule has 3 rings (SSSR count). The van der Waals surface area contributed by atoms with Crippen molar-refractivity contribution in [3.63, 3.8) is 0 Å². The predicted molar refractivity (Wildman–Crippen MR) is 73.3 cm³/mol. The number of halogens is 1. The van der Waals surface area contributed by atoms with E-state index in [1.807, 2.05) is 31.2 Å². The van der Waals surface area contributed by atoms with Gasteiger partial charge in [0.25, 0.3) is 5.56 Å². The van der Waals surface area contributed by atoms with Crippen LogP contribution in [0.4, 0.5) is 0 Å². The lowest BCUT2D eigenvalue weighted by Crippen LogP contribution is -2.10. The second kappa shape index (κ2) is 4.14. The van der Waals surface area contributed by atoms with Crippen LogP contribution in [0.3, 0.4) is 0 Å². The fraction of sp³-hybridized carbons (Fsp3) is 0.231. The third kappa shape index (κ3) is 1.53. The zero-order valence-corrected chi connectivity index (χ0v) is 10.7. The van der Waals surface area contributed by atoms with Crippen molar-refractivity contribution in [1.82, 2.24) is 14.8 Å². The van der Waals surface area contributed by atoms with Gasteiger partial charge in [0.05, 0.1) is 12.2 Å². The van der Waals surface area contributed by atoms with E-state index in [-0.39, 0.29) is 5.56 Å². The number of pyridine rings is 1. The van der Waals surface area contributed by atoms with Crippen LogP contribution in [0.5, 0.6) is 0 Å². The van der Waals surface area contributed by atoms with Crippen LogP contribution in [0.15, 0.2) is 29.1 Å². The molecule has 0 unspecified atom stereocenters. The smallest absolute Gasteiger partial charge is 0.257 e. The molecule has 0 fully saturated rings. The van der Waals surface area contributed by atoms with Crippen LogP contribution in [0.25, 0.3) is 21.8 Å². The van der Waals surface area contributed by atoms with Gasteiger partial charge in [-0.15, -0.1) is 11.6 Å². The molecule has 0 bridgehead atoms. The summed E-state index contributed by atoms with van der Waals surface area (Å²) in [6, 6.07) is 7.57. The number of hydrogen-bond donors (Lipinski definition) is 1. The van der Waals surface area contributed by atoms with Gasteiger partial charge in [0.1, 0.15) is 5.65 Å². The Morgan fingerprint density at radius 2 is 2.06 bits per heavy atom. The van der Waals surface area contributed by atoms with E-state index >= 15 is 0 Å². The fourth-order valence-corrected chi connectivity index (χ4v) is 2.51. The summed E-state index contributed by atoms with van der Waals surface area (Å²) in [4.78, 5) is 14.9. The van der Waals surface area contributed by atoms with Crippen LogP contribution in [0.2, 0.25) is 0 Å². The molecule has 1 aromatic carbocycles. The van der Waals surface area contributed by atoms with Gasteiger partial charge in [-0.25, -0.2) is 4.68 Å². The number of H-pyrrole nitrogens is 1. The molecule has 5 heteroatoms. The number of hydrogen-bond acceptors (Lipinski definition) is 2. The molecule has 2 aromatic heterocycles. The molecule has 4 nitrogen and oxygen atoms in total. The van der Waals surface area contributed by atoms with Crippen LogP contribution in [-0.4, -0.2) is 20.6 Å². The first-order chi connectivity index (χ1) is 8.72. The van der Waals surface area contributed by atoms with Crippen LogP contribution < -0.4 is 5.56 Å². The van der Waals surface area contributed by atoms with Gasteiger partial charge in [0, 0.05) is 16.7 Å². The SMILES string of the molecule is Cc1nn(CCCl)c2[nH]c(=O)c3ccccc3c12. The molecule has 18 heavy (non-hydrogen) atoms. The highest BCUT2D eigenvalue weighted by Crippen LogP contribution is 2.23. The summed E-state index contributed by atoms with van der Waals surface area (Å²) in [6.07, 6.45) is 0. The minimum atomic E-state index is -0.0891. The Balaban J connectivity index is 2.52. The van der Waals surface area contributed by atoms with Gasteiger partial charge >= 0.3 is 0 Å². The molecule has 0 atom stereocenters. The van der Waals surface area contributed by atoms with E-state index in [9.17, 15) is 4.79 Å². The van der Waals surface area contributed by atoms with Gasteiger partial charge < -0.3 is 4.98 Å². The molecule has 0 aliphatic carbocycles. The summed E-state index contributed by atoms with van der Waals surface area (Å²) in [5.41, 5.74) is 1.56. The van der Waals surface area contributed by atoms with Gasteiger partial charge in [-0.1, -0.05) is 18.2 Å². The number of benzene rings is 1. The van der Waals surface area contributed by atoms with E-state index in [2.05, 4.69) is 10.1 Å². The minimum absolute atomic E-state index is 0.0891. The lowest BCUT2D eigenvalue weighted by atomic mass is 10.1. The highest BCUT2D eigenvalue weighted by Gasteiger charge is 2.12. The maximum absolute atomic E-state index is 12.0. The Labute approximate surface area is 108 Å². The number of nitrogens with zero attached hydrogens (tertiary/aromatic N) is 2. The van der Waals surface area contributed by atoms with Gasteiger partial charge in [-0.3, -0.25) is 4.79 Å². The number of aryl methyl sites for hydroxylation is 2. The van der Waals surface area contributed by atoms with Crippen LogP contribution >= 0.6 is 11.6 Å². The van der Waals surface area contributed by atoms with Crippen LogP contribution in [-0.2, 0) is 6.54 Å². The Morgan fingerprint density at radius 1 is 1.33 bits per heavy atom. The zero-order chi connectivity index (χ0) is 12.7. The third-order valence-electron chi connectivity index (χ3n) is 3.10. The molecular formula is C13H12ClN3O. The molecule has 0 saturated carbocycles. The molecule has 0 spiro atoms. The van der Waals surface area contributed by atoms with Gasteiger partial charge in [-0.2, -0.15) is 5.10 Å². The van der Waals surface area contributed by atoms with E-state index in [4.69, 9.17) is 11.6 Å². The fourth-order valence-electron chi connectivity index (χ4n) is 2.35. The van der Waals surface area contributed by atoms with E-state index in [0.717, 1.165) is 22.1 Å². The Kier molecular flexibility index (Phi) is 2.59. The molecule has 92 valence electrons. The molecule has 2 heterocycles. The highest BCUT2D eigenvalue weighted by molar-refractivity contribution is 6.17. The first-order valence-corrected chi connectivity index (χ1v) is 6.30. The summed E-state index contributed by atoms with van der Waals surface area (Å²) in [5.74, 6) is 0.463. The number of rotatable bonds is 2. The van der Waals surface area contributed by atoms with Crippen molar-refractivity contribution in [3.8, 4) is 0 Å². The van der Waals surface area contributed by atoms with Crippen LogP contribution in [0.1, 0.15) is 5.69 Å². The molecular weight excluding hydrogens is 250 g/mol. The van der Waals surface area contributed by atoms with Crippen LogP contribution in [0, 0.1) is 6.92 Å². The second-order valence-electron chi connectivity index (χ2n) is 4.22. The second-order valence-corrected chi connectivity index (χ2v) is 4.60. The molecule has 3 aromatic rings. The normalized spacial score (nSPS) is 11.4. The Morgan fingerprint density at radius 3 is 2.78 bits per heavy atom. The first-order valence-electron chi connectivity index (χ1n) is 5.76. The van der Waals surface area contributed by atoms with Crippen molar-refractivity contribution >= 4 is 33.4 Å². The Bertz CT molecular complexity index is 788. The average Bonchev–Trinajstić information content (AvgIpc) is 2.67. The number of nitrogens with one attached hydrogen (secondary N) is 1. The van der Waals surface area contributed by atoms with Gasteiger partial charge in [0.15, 0.2) is 0 Å². The van der Waals surface area contributed by atoms with Gasteiger partial charge in [0.2, 0.25) is 0 Å². The third-order valence-corrected chi connectivity index (χ3v) is 3.27. The predicted octanol–water partition coefficient (Wildman–Crippen LogP) is 2.43. The van der Waals surface area contributed by atoms with Crippen molar-refractivity contribution in [2.45, 2.75) is 13.5 Å². The van der Waals surface area contributed by atoms with Crippen molar-refractivity contribution < 1.29 is 0 Å². The van der Waals surface area contributed by atoms with E-state index in [1.165, 1.54) is 0 Å². The molecule has 0 amide bonds. The molecule has 0 radical (unpaired) electrons. The van der Waals surface area contributed by atoms with Crippen molar-refractivity contribution in [2.75, 3.05) is 5.88 Å². The highest BCUT2D eigenvalue weighted by atomic mass is 35.5. The standard InChI is InChI=1S/C13H12ClN3O/c1-8-11-9-4-2-3-5-10(9)13(18)15-12(11)17(16-8)7-6-14/h2-5H,6-7H2,1H3,(H,15,18). The maximum atomic E-state index is 12.0. The summed E-state index contributed by atoms with van der Waals surface area (Å²) < 4.78 is 1.76. The quantitative estimate of drug-likeness (QED) is 0.721. The van der Waals surface area contributed by atoms with Crippen molar-refractivity contribution in [3.05, 3.63) is 40.3 Å². The summed E-state index contributed by atoms with van der Waals surface area (Å²) >= 11 is 5.75. The summed E-state index contributed by atoms with van der Waals surface area (Å²) in [6.45, 7) is 2.53. The van der Waals surface area contributed by atoms with Gasteiger partial charge in [-0.05, 0) is 18.4 Å². The number of alkyl halides is 1. The lowest BCUT2D eigenvalue weighted by molar-refractivity contribution is 0.673. The van der Waals surface area contributed by atoms with E-state index in [0.29, 0.717) is 17.8 Å². The van der Waals surface area contributed by atoms with E-state index in [1.54, 1.807) is 4.68 Å². The summed E-state index contributed by atoms with van der Waals surface area (Å²) in [7, 11) is 0. The minimum Gasteiger partial charge on any atom is -0.306 e. The zero-order valence-electron chi connectivity index (χ0n) is 9.90. The molecule has 0 aliphatic rings. The number of aromatic amines is 1. The monoisotopic (exact) mass is 261 g/mol. The average molecular weight is 262 g/mol. The number of aromatic nitrogens is 3. The molecule has 1 N–H and O–H groups in total. The first kappa shape index (κ1) is 11.3. The largest absolute Gasteiger partial charge is 0.306 e. The lowest BCUT2D eigenvalue weighted by Gasteiger charge is -2.02. The van der Waals surface area contributed by atoms with E-state index < -0.39 is 0 Å².